The van der Waals surface area contributed by atoms with Crippen molar-refractivity contribution in [2.75, 3.05) is 0 Å². The molecule has 1 rings (SSSR count). The summed E-state index contributed by atoms with van der Waals surface area (Å²) in [6.07, 6.45) is 0.885. The number of ether oxygens (including phenoxy) is 1. The minimum Gasteiger partial charge on any atom is -0.489 e. The lowest BCUT2D eigenvalue weighted by Crippen LogP contribution is -2.10. The van der Waals surface area contributed by atoms with Crippen molar-refractivity contribution in [2.24, 2.45) is 0 Å². The van der Waals surface area contributed by atoms with Gasteiger partial charge in [-0.15, -0.1) is 0 Å². The second-order valence-corrected chi connectivity index (χ2v) is 4.06. The minimum absolute atomic E-state index is 0.0334. The third-order valence-electron chi connectivity index (χ3n) is 1.97. The molecule has 78 valence electrons. The number of hydrogen-bond donors (Lipinski definition) is 1. The molecule has 0 aliphatic carbocycles. The van der Waals surface area contributed by atoms with E-state index in [0.717, 1.165) is 6.42 Å². The van der Waals surface area contributed by atoms with E-state index >= 15 is 0 Å². The van der Waals surface area contributed by atoms with Crippen molar-refractivity contribution in [1.82, 2.24) is 0 Å². The van der Waals surface area contributed by atoms with Gasteiger partial charge < -0.3 is 4.74 Å². The number of benzene rings is 1. The molecule has 0 fully saturated rings. The van der Waals surface area contributed by atoms with Gasteiger partial charge >= 0.3 is 0 Å². The smallest absolute Gasteiger partial charge is 0.171 e. The van der Waals surface area contributed by atoms with E-state index in [0.29, 0.717) is 5.75 Å². The molecular formula is C10H14O3S. The quantitative estimate of drug-likeness (QED) is 0.778. The Labute approximate surface area is 85.7 Å². The average molecular weight is 214 g/mol. The highest BCUT2D eigenvalue weighted by molar-refractivity contribution is 7.72. The summed E-state index contributed by atoms with van der Waals surface area (Å²) in [6.45, 7) is 3.90. The molecule has 1 unspecified atom stereocenters. The van der Waals surface area contributed by atoms with Gasteiger partial charge in [-0.2, -0.15) is 0 Å². The normalized spacial score (nSPS) is 12.8. The molecule has 0 bridgehead atoms. The average Bonchev–Trinajstić information content (AvgIpc) is 2.18. The summed E-state index contributed by atoms with van der Waals surface area (Å²) in [5.74, 6) is 0.443. The monoisotopic (exact) mass is 214 g/mol. The SMILES string of the molecule is CCC(C)Oc1ccccc1[SH](=O)=O. The van der Waals surface area contributed by atoms with Crippen LogP contribution in [0.4, 0.5) is 0 Å². The molecule has 0 saturated heterocycles. The van der Waals surface area contributed by atoms with Crippen molar-refractivity contribution in [2.45, 2.75) is 31.3 Å². The van der Waals surface area contributed by atoms with Crippen LogP contribution in [0.25, 0.3) is 0 Å². The van der Waals surface area contributed by atoms with Gasteiger partial charge in [0.05, 0.1) is 6.10 Å². The maximum atomic E-state index is 10.8. The Balaban J connectivity index is 2.96. The molecule has 0 N–H and O–H groups in total. The van der Waals surface area contributed by atoms with Crippen LogP contribution in [0.1, 0.15) is 20.3 Å². The van der Waals surface area contributed by atoms with Gasteiger partial charge in [0.2, 0.25) is 0 Å². The third-order valence-corrected chi connectivity index (χ3v) is 2.73. The van der Waals surface area contributed by atoms with Crippen molar-refractivity contribution in [3.63, 3.8) is 0 Å². The van der Waals surface area contributed by atoms with E-state index in [1.165, 1.54) is 0 Å². The van der Waals surface area contributed by atoms with Gasteiger partial charge in [0.1, 0.15) is 10.6 Å². The molecular weight excluding hydrogens is 200 g/mol. The van der Waals surface area contributed by atoms with Crippen molar-refractivity contribution >= 4 is 10.7 Å². The summed E-state index contributed by atoms with van der Waals surface area (Å²) in [5, 5.41) is 0. The molecule has 4 heteroatoms. The zero-order chi connectivity index (χ0) is 10.6. The van der Waals surface area contributed by atoms with Gasteiger partial charge in [0.25, 0.3) is 0 Å². The van der Waals surface area contributed by atoms with Crippen LogP contribution >= 0.6 is 0 Å². The fourth-order valence-electron chi connectivity index (χ4n) is 1.01. The van der Waals surface area contributed by atoms with Crippen LogP contribution in [0, 0.1) is 0 Å². The number of hydrogen-bond acceptors (Lipinski definition) is 3. The first-order valence-electron chi connectivity index (χ1n) is 4.55. The van der Waals surface area contributed by atoms with Gasteiger partial charge in [0.15, 0.2) is 10.7 Å². The van der Waals surface area contributed by atoms with Crippen LogP contribution in [-0.4, -0.2) is 14.5 Å². The Kier molecular flexibility index (Phi) is 3.95. The Morgan fingerprint density at radius 3 is 2.57 bits per heavy atom. The summed E-state index contributed by atoms with van der Waals surface area (Å²) < 4.78 is 27.2. The molecule has 1 aromatic carbocycles. The standard InChI is InChI=1S/C10H14O3S/c1-3-8(2)13-9-6-4-5-7-10(9)14(11)12/h4-8,14H,3H2,1-2H3. The fraction of sp³-hybridized carbons (Fsp3) is 0.400. The Hall–Kier alpha value is -1.03. The van der Waals surface area contributed by atoms with Crippen molar-refractivity contribution in [1.29, 1.82) is 0 Å². The molecule has 0 saturated carbocycles. The predicted molar refractivity (Wildman–Crippen MR) is 55.4 cm³/mol. The van der Waals surface area contributed by atoms with E-state index in [1.807, 2.05) is 13.8 Å². The highest BCUT2D eigenvalue weighted by Gasteiger charge is 2.07. The van der Waals surface area contributed by atoms with Gasteiger partial charge in [-0.05, 0) is 25.5 Å². The largest absolute Gasteiger partial charge is 0.489 e. The number of para-hydroxylation sites is 1. The molecule has 3 nitrogen and oxygen atoms in total. The summed E-state index contributed by atoms with van der Waals surface area (Å²) in [4.78, 5) is 0.253. The zero-order valence-electron chi connectivity index (χ0n) is 8.27. The van der Waals surface area contributed by atoms with E-state index in [1.54, 1.807) is 24.3 Å². The molecule has 0 spiro atoms. The van der Waals surface area contributed by atoms with Crippen LogP contribution < -0.4 is 4.74 Å². The maximum absolute atomic E-state index is 10.8. The first-order chi connectivity index (χ1) is 6.65. The molecule has 0 aliphatic rings. The molecule has 0 amide bonds. The van der Waals surface area contributed by atoms with Gasteiger partial charge in [-0.1, -0.05) is 19.1 Å². The molecule has 14 heavy (non-hydrogen) atoms. The minimum atomic E-state index is -2.58. The molecule has 0 radical (unpaired) electrons. The van der Waals surface area contributed by atoms with Gasteiger partial charge in [-0.25, -0.2) is 8.42 Å². The summed E-state index contributed by atoms with van der Waals surface area (Å²) in [5.41, 5.74) is 0. The third kappa shape index (κ3) is 2.73. The maximum Gasteiger partial charge on any atom is 0.171 e. The molecule has 0 heterocycles. The van der Waals surface area contributed by atoms with Crippen LogP contribution in [-0.2, 0) is 10.7 Å². The second-order valence-electron chi connectivity index (χ2n) is 3.06. The van der Waals surface area contributed by atoms with Gasteiger partial charge in [-0.3, -0.25) is 0 Å². The van der Waals surface area contributed by atoms with Crippen LogP contribution in [0.3, 0.4) is 0 Å². The molecule has 1 atom stereocenters. The molecule has 0 aliphatic heterocycles. The summed E-state index contributed by atoms with van der Waals surface area (Å²) in [6, 6.07) is 6.67. The van der Waals surface area contributed by atoms with Crippen LogP contribution in [0.2, 0.25) is 0 Å². The second kappa shape index (κ2) is 5.00. The number of thiol groups is 1. The van der Waals surface area contributed by atoms with Crippen molar-refractivity contribution in [3.05, 3.63) is 24.3 Å². The van der Waals surface area contributed by atoms with E-state index in [2.05, 4.69) is 0 Å². The van der Waals surface area contributed by atoms with Crippen LogP contribution in [0.15, 0.2) is 29.2 Å². The topological polar surface area (TPSA) is 43.4 Å². The lowest BCUT2D eigenvalue weighted by molar-refractivity contribution is 0.212. The fourth-order valence-corrected chi connectivity index (χ4v) is 1.52. The van der Waals surface area contributed by atoms with Gasteiger partial charge in [0, 0.05) is 0 Å². The first kappa shape index (κ1) is 11.0. The predicted octanol–water partition coefficient (Wildman–Crippen LogP) is 1.83. The summed E-state index contributed by atoms with van der Waals surface area (Å²) in [7, 11) is -2.58. The first-order valence-corrected chi connectivity index (χ1v) is 5.73. The Morgan fingerprint density at radius 1 is 1.36 bits per heavy atom. The number of rotatable bonds is 4. The Morgan fingerprint density at radius 2 is 2.00 bits per heavy atom. The van der Waals surface area contributed by atoms with E-state index in [4.69, 9.17) is 4.74 Å². The Bertz CT molecular complexity index is 363. The lowest BCUT2D eigenvalue weighted by Gasteiger charge is -2.13. The van der Waals surface area contributed by atoms with Crippen LogP contribution in [0.5, 0.6) is 5.75 Å². The molecule has 1 aromatic rings. The van der Waals surface area contributed by atoms with E-state index in [9.17, 15) is 8.42 Å². The van der Waals surface area contributed by atoms with E-state index < -0.39 is 10.7 Å². The van der Waals surface area contributed by atoms with E-state index in [-0.39, 0.29) is 11.0 Å². The highest BCUT2D eigenvalue weighted by Crippen LogP contribution is 2.20. The molecule has 0 aromatic heterocycles. The van der Waals surface area contributed by atoms with Crippen molar-refractivity contribution < 1.29 is 13.2 Å². The lowest BCUT2D eigenvalue weighted by atomic mass is 10.3. The van der Waals surface area contributed by atoms with Crippen molar-refractivity contribution in [3.8, 4) is 5.75 Å². The zero-order valence-corrected chi connectivity index (χ0v) is 9.16. The summed E-state index contributed by atoms with van der Waals surface area (Å²) >= 11 is 0. The highest BCUT2D eigenvalue weighted by atomic mass is 32.2.